The highest BCUT2D eigenvalue weighted by molar-refractivity contribution is 6.07. The van der Waals surface area contributed by atoms with Gasteiger partial charge in [-0.1, -0.05) is 0 Å². The Kier molecular flexibility index (Phi) is 3.38. The molecule has 6 nitrogen and oxygen atoms in total. The zero-order valence-corrected chi connectivity index (χ0v) is 9.75. The normalized spacial score (nSPS) is 9.83. The van der Waals surface area contributed by atoms with Gasteiger partial charge in [0.1, 0.15) is 5.75 Å². The van der Waals surface area contributed by atoms with Crippen LogP contribution in [0.5, 0.6) is 5.75 Å². The summed E-state index contributed by atoms with van der Waals surface area (Å²) in [7, 11) is 1.53. The summed E-state index contributed by atoms with van der Waals surface area (Å²) in [5.41, 5.74) is 6.46. The summed E-state index contributed by atoms with van der Waals surface area (Å²) >= 11 is 0. The molecule has 1 heterocycles. The first kappa shape index (κ1) is 11.8. The van der Waals surface area contributed by atoms with Gasteiger partial charge in [-0.25, -0.2) is 9.97 Å². The van der Waals surface area contributed by atoms with Gasteiger partial charge >= 0.3 is 0 Å². The zero-order valence-electron chi connectivity index (χ0n) is 9.75. The number of nitrogens with one attached hydrogen (secondary N) is 1. The molecule has 18 heavy (non-hydrogen) atoms. The summed E-state index contributed by atoms with van der Waals surface area (Å²) in [5.74, 6) is 0.471. The molecular formula is C12H12N4O2. The summed E-state index contributed by atoms with van der Waals surface area (Å²) in [5, 5.41) is 2.55. The summed E-state index contributed by atoms with van der Waals surface area (Å²) in [6.45, 7) is 0. The largest absolute Gasteiger partial charge is 0.497 e. The van der Waals surface area contributed by atoms with Crippen LogP contribution < -0.4 is 15.8 Å². The number of nitrogen functional groups attached to an aromatic ring is 1. The molecule has 0 aliphatic rings. The van der Waals surface area contributed by atoms with Crippen LogP contribution >= 0.6 is 0 Å². The van der Waals surface area contributed by atoms with Crippen LogP contribution in [-0.4, -0.2) is 23.0 Å². The number of ether oxygens (including phenoxy) is 1. The van der Waals surface area contributed by atoms with Crippen molar-refractivity contribution in [1.29, 1.82) is 0 Å². The Balaban J connectivity index is 2.19. The lowest BCUT2D eigenvalue weighted by molar-refractivity contribution is 0.102. The third-order valence-corrected chi connectivity index (χ3v) is 2.29. The first-order chi connectivity index (χ1) is 8.70. The standard InChI is InChI=1S/C12H12N4O2/c1-18-8-3-4-9(10(13)7-8)11(17)16-12-14-5-2-6-15-12/h2-7H,13H2,1H3,(H,14,15,16,17). The smallest absolute Gasteiger partial charge is 0.260 e. The van der Waals surface area contributed by atoms with Crippen LogP contribution in [0, 0.1) is 0 Å². The van der Waals surface area contributed by atoms with Gasteiger partial charge in [0.15, 0.2) is 0 Å². The fourth-order valence-corrected chi connectivity index (χ4v) is 1.41. The van der Waals surface area contributed by atoms with Gasteiger partial charge in [-0.15, -0.1) is 0 Å². The molecule has 2 aromatic rings. The van der Waals surface area contributed by atoms with Crippen molar-refractivity contribution in [2.75, 3.05) is 18.2 Å². The number of hydrogen-bond acceptors (Lipinski definition) is 5. The molecule has 2 rings (SSSR count). The average Bonchev–Trinajstić information content (AvgIpc) is 2.39. The number of hydrogen-bond donors (Lipinski definition) is 2. The molecule has 0 aliphatic heterocycles. The van der Waals surface area contributed by atoms with E-state index in [0.717, 1.165) is 0 Å². The van der Waals surface area contributed by atoms with Crippen LogP contribution in [0.1, 0.15) is 10.4 Å². The van der Waals surface area contributed by atoms with Crippen LogP contribution in [0.15, 0.2) is 36.7 Å². The highest BCUT2D eigenvalue weighted by atomic mass is 16.5. The molecule has 0 fully saturated rings. The van der Waals surface area contributed by atoms with E-state index >= 15 is 0 Å². The molecule has 92 valence electrons. The Bertz CT molecular complexity index is 557. The fraction of sp³-hybridized carbons (Fsp3) is 0.0833. The van der Waals surface area contributed by atoms with Crippen molar-refractivity contribution >= 4 is 17.5 Å². The van der Waals surface area contributed by atoms with E-state index in [1.54, 1.807) is 36.7 Å². The number of nitrogens with two attached hydrogens (primary N) is 1. The van der Waals surface area contributed by atoms with Crippen LogP contribution in [0.25, 0.3) is 0 Å². The van der Waals surface area contributed by atoms with Crippen LogP contribution in [0.3, 0.4) is 0 Å². The molecule has 0 saturated heterocycles. The van der Waals surface area contributed by atoms with E-state index in [2.05, 4.69) is 15.3 Å². The fourth-order valence-electron chi connectivity index (χ4n) is 1.41. The van der Waals surface area contributed by atoms with E-state index in [9.17, 15) is 4.79 Å². The SMILES string of the molecule is COc1ccc(C(=O)Nc2ncccn2)c(N)c1. The average molecular weight is 244 g/mol. The van der Waals surface area contributed by atoms with Gasteiger partial charge in [-0.2, -0.15) is 0 Å². The van der Waals surface area contributed by atoms with Gasteiger partial charge in [-0.3, -0.25) is 10.1 Å². The van der Waals surface area contributed by atoms with E-state index in [4.69, 9.17) is 10.5 Å². The highest BCUT2D eigenvalue weighted by Crippen LogP contribution is 2.20. The number of carbonyl (C=O) groups excluding carboxylic acids is 1. The molecule has 0 atom stereocenters. The van der Waals surface area contributed by atoms with E-state index in [1.165, 1.54) is 7.11 Å². The first-order valence-corrected chi connectivity index (χ1v) is 5.22. The van der Waals surface area contributed by atoms with Crippen LogP contribution in [0.2, 0.25) is 0 Å². The quantitative estimate of drug-likeness (QED) is 0.795. The van der Waals surface area contributed by atoms with Gasteiger partial charge in [0.2, 0.25) is 5.95 Å². The first-order valence-electron chi connectivity index (χ1n) is 5.22. The lowest BCUT2D eigenvalue weighted by Crippen LogP contribution is -2.15. The molecule has 0 radical (unpaired) electrons. The monoisotopic (exact) mass is 244 g/mol. The number of carbonyl (C=O) groups is 1. The number of rotatable bonds is 3. The molecule has 0 saturated carbocycles. The second-order valence-corrected chi connectivity index (χ2v) is 3.48. The Morgan fingerprint density at radius 1 is 1.33 bits per heavy atom. The molecule has 0 spiro atoms. The number of anilines is 2. The van der Waals surface area contributed by atoms with Crippen molar-refractivity contribution < 1.29 is 9.53 Å². The van der Waals surface area contributed by atoms with Crippen molar-refractivity contribution in [1.82, 2.24) is 9.97 Å². The lowest BCUT2D eigenvalue weighted by atomic mass is 10.1. The molecule has 1 aromatic heterocycles. The van der Waals surface area contributed by atoms with E-state index < -0.39 is 0 Å². The summed E-state index contributed by atoms with van der Waals surface area (Å²) in [6, 6.07) is 6.50. The molecule has 0 aliphatic carbocycles. The molecule has 1 amide bonds. The summed E-state index contributed by atoms with van der Waals surface area (Å²) in [6.07, 6.45) is 3.08. The van der Waals surface area contributed by atoms with Crippen molar-refractivity contribution in [2.24, 2.45) is 0 Å². The minimum Gasteiger partial charge on any atom is -0.497 e. The van der Waals surface area contributed by atoms with Crippen molar-refractivity contribution in [3.8, 4) is 5.75 Å². The number of amides is 1. The van der Waals surface area contributed by atoms with Gasteiger partial charge in [0.05, 0.1) is 12.7 Å². The minimum atomic E-state index is -0.360. The van der Waals surface area contributed by atoms with Gasteiger partial charge in [-0.05, 0) is 18.2 Å². The Labute approximate surface area is 104 Å². The maximum atomic E-state index is 11.9. The molecule has 0 bridgehead atoms. The minimum absolute atomic E-state index is 0.234. The molecule has 6 heteroatoms. The number of methoxy groups -OCH3 is 1. The Hall–Kier alpha value is -2.63. The molecular weight excluding hydrogens is 232 g/mol. The third kappa shape index (κ3) is 2.54. The highest BCUT2D eigenvalue weighted by Gasteiger charge is 2.11. The maximum Gasteiger partial charge on any atom is 0.260 e. The molecule has 1 aromatic carbocycles. The van der Waals surface area contributed by atoms with Crippen LogP contribution in [-0.2, 0) is 0 Å². The third-order valence-electron chi connectivity index (χ3n) is 2.29. The zero-order chi connectivity index (χ0) is 13.0. The van der Waals surface area contributed by atoms with E-state index in [1.807, 2.05) is 0 Å². The Morgan fingerprint density at radius 3 is 2.67 bits per heavy atom. The maximum absolute atomic E-state index is 11.9. The van der Waals surface area contributed by atoms with Crippen molar-refractivity contribution in [3.63, 3.8) is 0 Å². The second kappa shape index (κ2) is 5.13. The van der Waals surface area contributed by atoms with Crippen molar-refractivity contribution in [2.45, 2.75) is 0 Å². The molecule has 3 N–H and O–H groups in total. The van der Waals surface area contributed by atoms with E-state index in [0.29, 0.717) is 17.0 Å². The predicted molar refractivity (Wildman–Crippen MR) is 67.4 cm³/mol. The number of aromatic nitrogens is 2. The number of benzene rings is 1. The topological polar surface area (TPSA) is 90.1 Å². The van der Waals surface area contributed by atoms with Gasteiger partial charge in [0, 0.05) is 24.1 Å². The number of nitrogens with zero attached hydrogens (tertiary/aromatic N) is 2. The van der Waals surface area contributed by atoms with Gasteiger partial charge < -0.3 is 10.5 Å². The summed E-state index contributed by atoms with van der Waals surface area (Å²) < 4.78 is 5.01. The predicted octanol–water partition coefficient (Wildman–Crippen LogP) is 1.32. The lowest BCUT2D eigenvalue weighted by Gasteiger charge is -2.07. The molecule has 0 unspecified atom stereocenters. The Morgan fingerprint density at radius 2 is 2.06 bits per heavy atom. The van der Waals surface area contributed by atoms with Crippen molar-refractivity contribution in [3.05, 3.63) is 42.2 Å². The van der Waals surface area contributed by atoms with Crippen LogP contribution in [0.4, 0.5) is 11.6 Å². The summed E-state index contributed by atoms with van der Waals surface area (Å²) in [4.78, 5) is 19.7. The second-order valence-electron chi connectivity index (χ2n) is 3.48. The van der Waals surface area contributed by atoms with Gasteiger partial charge in [0.25, 0.3) is 5.91 Å². The van der Waals surface area contributed by atoms with E-state index in [-0.39, 0.29) is 11.9 Å².